The molecule has 0 saturated heterocycles. The lowest BCUT2D eigenvalue weighted by Crippen LogP contribution is -2.49. The molecule has 0 bridgehead atoms. The molecule has 3 amide bonds. The molecule has 7 heteroatoms. The van der Waals surface area contributed by atoms with E-state index >= 15 is 0 Å². The number of carbonyl (C=O) groups excluding carboxylic acids is 3. The average molecular weight is 350 g/mol. The Kier molecular flexibility index (Phi) is 7.51. The molecule has 0 aliphatic rings. The minimum atomic E-state index is -0.692. The number of nitrogens with one attached hydrogen (secondary N) is 2. The van der Waals surface area contributed by atoms with E-state index < -0.39 is 30.1 Å². The van der Waals surface area contributed by atoms with Crippen molar-refractivity contribution < 1.29 is 19.1 Å². The Balaban J connectivity index is 2.38. The normalized spacial score (nSPS) is 11.2. The molecule has 0 heterocycles. The Hall–Kier alpha value is -2.28. The molecular formula is C17H22N2O4S. The van der Waals surface area contributed by atoms with E-state index in [-0.39, 0.29) is 0 Å². The van der Waals surface area contributed by atoms with Crippen molar-refractivity contribution in [3.63, 3.8) is 0 Å². The molecule has 1 rings (SSSR count). The van der Waals surface area contributed by atoms with Gasteiger partial charge in [0.1, 0.15) is 0 Å². The van der Waals surface area contributed by atoms with E-state index in [4.69, 9.17) is 4.74 Å². The number of benzene rings is 1. The third-order valence-corrected chi connectivity index (χ3v) is 3.36. The van der Waals surface area contributed by atoms with Crippen LogP contribution in [0, 0.1) is 0 Å². The van der Waals surface area contributed by atoms with Crippen LogP contribution in [0.25, 0.3) is 6.08 Å². The van der Waals surface area contributed by atoms with Crippen LogP contribution in [0.15, 0.2) is 35.2 Å². The Morgan fingerprint density at radius 2 is 1.79 bits per heavy atom. The minimum absolute atomic E-state index is 0.463. The lowest BCUT2D eigenvalue weighted by molar-refractivity contribution is -0.143. The van der Waals surface area contributed by atoms with E-state index in [0.29, 0.717) is 0 Å². The van der Waals surface area contributed by atoms with Crippen molar-refractivity contribution in [2.45, 2.75) is 31.2 Å². The number of ether oxygens (including phenoxy) is 1. The van der Waals surface area contributed by atoms with Crippen molar-refractivity contribution >= 4 is 35.7 Å². The molecule has 0 radical (unpaired) electrons. The highest BCUT2D eigenvalue weighted by Crippen LogP contribution is 2.15. The predicted molar refractivity (Wildman–Crippen MR) is 94.6 cm³/mol. The van der Waals surface area contributed by atoms with Gasteiger partial charge < -0.3 is 10.1 Å². The van der Waals surface area contributed by atoms with Gasteiger partial charge in [-0.2, -0.15) is 0 Å². The topological polar surface area (TPSA) is 84.5 Å². The standard InChI is InChI=1S/C17H22N2O4S/c1-17(2,3)19-16(22)18-14(20)11-23-15(21)10-7-12-5-8-13(24-4)9-6-12/h5-10H,11H2,1-4H3,(H2,18,19,20,22)/b10-7+. The molecule has 0 saturated carbocycles. The quantitative estimate of drug-likeness (QED) is 0.484. The maximum Gasteiger partial charge on any atom is 0.331 e. The number of rotatable bonds is 5. The molecule has 6 nitrogen and oxygen atoms in total. The van der Waals surface area contributed by atoms with Crippen molar-refractivity contribution in [1.29, 1.82) is 0 Å². The van der Waals surface area contributed by atoms with Gasteiger partial charge in [0, 0.05) is 16.5 Å². The van der Waals surface area contributed by atoms with Crippen molar-refractivity contribution in [3.05, 3.63) is 35.9 Å². The van der Waals surface area contributed by atoms with Gasteiger partial charge in [0.2, 0.25) is 0 Å². The summed E-state index contributed by atoms with van der Waals surface area (Å²) >= 11 is 1.63. The van der Waals surface area contributed by atoms with E-state index in [1.807, 2.05) is 30.5 Å². The van der Waals surface area contributed by atoms with E-state index in [2.05, 4.69) is 10.6 Å². The van der Waals surface area contributed by atoms with Gasteiger partial charge in [-0.3, -0.25) is 10.1 Å². The number of thioether (sulfide) groups is 1. The summed E-state index contributed by atoms with van der Waals surface area (Å²) in [5, 5.41) is 4.65. The smallest absolute Gasteiger partial charge is 0.331 e. The van der Waals surface area contributed by atoms with Crippen LogP contribution in [0.3, 0.4) is 0 Å². The summed E-state index contributed by atoms with van der Waals surface area (Å²) in [6, 6.07) is 7.00. The summed E-state index contributed by atoms with van der Waals surface area (Å²) in [5.74, 6) is -1.35. The summed E-state index contributed by atoms with van der Waals surface area (Å²) in [4.78, 5) is 35.7. The van der Waals surface area contributed by atoms with Gasteiger partial charge in [0.15, 0.2) is 6.61 Å². The number of esters is 1. The molecule has 130 valence electrons. The fraction of sp³-hybridized carbons (Fsp3) is 0.353. The Labute approximate surface area is 146 Å². The van der Waals surface area contributed by atoms with Gasteiger partial charge in [0.25, 0.3) is 5.91 Å². The van der Waals surface area contributed by atoms with Crippen LogP contribution in [0.1, 0.15) is 26.3 Å². The van der Waals surface area contributed by atoms with Crippen LogP contribution in [-0.4, -0.2) is 36.3 Å². The zero-order valence-electron chi connectivity index (χ0n) is 14.2. The van der Waals surface area contributed by atoms with Gasteiger partial charge in [-0.15, -0.1) is 11.8 Å². The molecule has 0 fully saturated rings. The lowest BCUT2D eigenvalue weighted by atomic mass is 10.1. The molecule has 0 atom stereocenters. The second-order valence-electron chi connectivity index (χ2n) is 5.97. The molecule has 0 aliphatic heterocycles. The van der Waals surface area contributed by atoms with E-state index in [0.717, 1.165) is 10.5 Å². The Morgan fingerprint density at radius 3 is 2.33 bits per heavy atom. The number of imide groups is 1. The highest BCUT2D eigenvalue weighted by atomic mass is 32.2. The van der Waals surface area contributed by atoms with Crippen LogP contribution in [0.2, 0.25) is 0 Å². The molecular weight excluding hydrogens is 328 g/mol. The van der Waals surface area contributed by atoms with Crippen LogP contribution >= 0.6 is 11.8 Å². The zero-order valence-corrected chi connectivity index (χ0v) is 15.0. The number of hydrogen-bond acceptors (Lipinski definition) is 5. The van der Waals surface area contributed by atoms with Crippen molar-refractivity contribution in [2.24, 2.45) is 0 Å². The fourth-order valence-electron chi connectivity index (χ4n) is 1.60. The van der Waals surface area contributed by atoms with Crippen LogP contribution in [0.4, 0.5) is 4.79 Å². The summed E-state index contributed by atoms with van der Waals surface area (Å²) in [6.45, 7) is 4.83. The van der Waals surface area contributed by atoms with Crippen molar-refractivity contribution in [3.8, 4) is 0 Å². The number of hydrogen-bond donors (Lipinski definition) is 2. The molecule has 0 unspecified atom stereocenters. The number of carbonyl (C=O) groups is 3. The monoisotopic (exact) mass is 350 g/mol. The van der Waals surface area contributed by atoms with Gasteiger partial charge >= 0.3 is 12.0 Å². The highest BCUT2D eigenvalue weighted by Gasteiger charge is 2.16. The lowest BCUT2D eigenvalue weighted by Gasteiger charge is -2.20. The molecule has 0 aliphatic carbocycles. The second-order valence-corrected chi connectivity index (χ2v) is 6.85. The highest BCUT2D eigenvalue weighted by molar-refractivity contribution is 7.98. The van der Waals surface area contributed by atoms with Gasteiger partial charge in [-0.1, -0.05) is 12.1 Å². The van der Waals surface area contributed by atoms with Crippen LogP contribution in [-0.2, 0) is 14.3 Å². The maximum atomic E-state index is 11.6. The second kappa shape index (κ2) is 9.12. The summed E-state index contributed by atoms with van der Waals surface area (Å²) in [7, 11) is 0. The molecule has 2 N–H and O–H groups in total. The van der Waals surface area contributed by atoms with Gasteiger partial charge in [-0.05, 0) is 50.8 Å². The largest absolute Gasteiger partial charge is 0.452 e. The fourth-order valence-corrected chi connectivity index (χ4v) is 2.01. The van der Waals surface area contributed by atoms with Crippen molar-refractivity contribution in [2.75, 3.05) is 12.9 Å². The molecule has 24 heavy (non-hydrogen) atoms. The Morgan fingerprint density at radius 1 is 1.17 bits per heavy atom. The number of urea groups is 1. The van der Waals surface area contributed by atoms with Gasteiger partial charge in [0.05, 0.1) is 0 Å². The first-order valence-corrected chi connectivity index (χ1v) is 8.53. The predicted octanol–water partition coefficient (Wildman–Crippen LogP) is 2.59. The Bertz CT molecular complexity index is 618. The zero-order chi connectivity index (χ0) is 18.2. The average Bonchev–Trinajstić information content (AvgIpc) is 2.49. The third-order valence-electron chi connectivity index (χ3n) is 2.61. The van der Waals surface area contributed by atoms with Crippen LogP contribution in [0.5, 0.6) is 0 Å². The maximum absolute atomic E-state index is 11.6. The number of amides is 3. The molecule has 1 aromatic rings. The first kappa shape index (κ1) is 19.8. The third kappa shape index (κ3) is 8.38. The molecule has 1 aromatic carbocycles. The van der Waals surface area contributed by atoms with Crippen LogP contribution < -0.4 is 10.6 Å². The SMILES string of the molecule is CSc1ccc(/C=C/C(=O)OCC(=O)NC(=O)NC(C)(C)C)cc1. The minimum Gasteiger partial charge on any atom is -0.452 e. The summed E-state index contributed by atoms with van der Waals surface area (Å²) in [5.41, 5.74) is 0.383. The summed E-state index contributed by atoms with van der Waals surface area (Å²) < 4.78 is 4.78. The first-order valence-electron chi connectivity index (χ1n) is 7.30. The van der Waals surface area contributed by atoms with Gasteiger partial charge in [-0.25, -0.2) is 9.59 Å². The van der Waals surface area contributed by atoms with E-state index in [1.54, 1.807) is 38.6 Å². The van der Waals surface area contributed by atoms with E-state index in [1.165, 1.54) is 6.08 Å². The molecule has 0 aromatic heterocycles. The summed E-state index contributed by atoms with van der Waals surface area (Å²) in [6.07, 6.45) is 4.81. The van der Waals surface area contributed by atoms with E-state index in [9.17, 15) is 14.4 Å². The first-order chi connectivity index (χ1) is 11.2. The molecule has 0 spiro atoms. The van der Waals surface area contributed by atoms with Crippen molar-refractivity contribution in [1.82, 2.24) is 10.6 Å².